The SMILES string of the molecule is Cc1ccc(COC2CC3CCC(C2)N3C(=O)OC(C)(C)C)cc1. The van der Waals surface area contributed by atoms with E-state index in [-0.39, 0.29) is 24.3 Å². The van der Waals surface area contributed by atoms with Crippen LogP contribution >= 0.6 is 0 Å². The summed E-state index contributed by atoms with van der Waals surface area (Å²) in [6.45, 7) is 8.50. The third kappa shape index (κ3) is 4.10. The molecule has 2 fully saturated rings. The van der Waals surface area contributed by atoms with Crippen molar-refractivity contribution in [3.63, 3.8) is 0 Å². The molecule has 2 heterocycles. The number of fused-ring (bicyclic) bond motifs is 2. The van der Waals surface area contributed by atoms with E-state index in [0.717, 1.165) is 25.7 Å². The van der Waals surface area contributed by atoms with Crippen molar-refractivity contribution < 1.29 is 14.3 Å². The number of piperidine rings is 1. The number of rotatable bonds is 3. The molecule has 2 saturated heterocycles. The highest BCUT2D eigenvalue weighted by Gasteiger charge is 2.45. The van der Waals surface area contributed by atoms with Crippen molar-refractivity contribution >= 4 is 6.09 Å². The zero-order valence-electron chi connectivity index (χ0n) is 15.2. The van der Waals surface area contributed by atoms with E-state index < -0.39 is 5.60 Å². The minimum Gasteiger partial charge on any atom is -0.444 e. The third-order valence-corrected chi connectivity index (χ3v) is 4.90. The minimum atomic E-state index is -0.435. The van der Waals surface area contributed by atoms with Gasteiger partial charge in [-0.25, -0.2) is 4.79 Å². The molecule has 4 heteroatoms. The van der Waals surface area contributed by atoms with E-state index in [4.69, 9.17) is 9.47 Å². The Balaban J connectivity index is 1.55. The van der Waals surface area contributed by atoms with E-state index in [2.05, 4.69) is 31.2 Å². The smallest absolute Gasteiger partial charge is 0.410 e. The molecule has 0 aromatic heterocycles. The quantitative estimate of drug-likeness (QED) is 0.822. The molecule has 1 aromatic rings. The van der Waals surface area contributed by atoms with Crippen LogP contribution in [0.4, 0.5) is 4.79 Å². The molecule has 0 radical (unpaired) electrons. The maximum Gasteiger partial charge on any atom is 0.410 e. The van der Waals surface area contributed by atoms with E-state index in [1.54, 1.807) is 0 Å². The topological polar surface area (TPSA) is 38.8 Å². The predicted molar refractivity (Wildman–Crippen MR) is 93.9 cm³/mol. The highest BCUT2D eigenvalue weighted by atomic mass is 16.6. The Morgan fingerprint density at radius 2 is 1.71 bits per heavy atom. The lowest BCUT2D eigenvalue weighted by atomic mass is 10.00. The maximum atomic E-state index is 12.5. The van der Waals surface area contributed by atoms with E-state index in [1.165, 1.54) is 11.1 Å². The fraction of sp³-hybridized carbons (Fsp3) is 0.650. The Morgan fingerprint density at radius 3 is 2.25 bits per heavy atom. The van der Waals surface area contributed by atoms with Crippen molar-refractivity contribution in [2.24, 2.45) is 0 Å². The summed E-state index contributed by atoms with van der Waals surface area (Å²) in [5.41, 5.74) is 2.04. The van der Waals surface area contributed by atoms with Gasteiger partial charge in [0.2, 0.25) is 0 Å². The first-order valence-corrected chi connectivity index (χ1v) is 9.00. The van der Waals surface area contributed by atoms with Gasteiger partial charge in [-0.2, -0.15) is 0 Å². The number of aryl methyl sites for hydroxylation is 1. The second-order valence-corrected chi connectivity index (χ2v) is 8.16. The van der Waals surface area contributed by atoms with Crippen LogP contribution in [0.1, 0.15) is 57.6 Å². The van der Waals surface area contributed by atoms with Gasteiger partial charge < -0.3 is 14.4 Å². The molecule has 0 spiro atoms. The number of hydrogen-bond acceptors (Lipinski definition) is 3. The number of ether oxygens (including phenoxy) is 2. The summed E-state index contributed by atoms with van der Waals surface area (Å²) in [7, 11) is 0. The average Bonchev–Trinajstić information content (AvgIpc) is 2.76. The van der Waals surface area contributed by atoms with Gasteiger partial charge in [-0.05, 0) is 58.9 Å². The first-order chi connectivity index (χ1) is 11.3. The zero-order valence-corrected chi connectivity index (χ0v) is 15.2. The number of carbonyl (C=O) groups is 1. The van der Waals surface area contributed by atoms with Crippen LogP contribution < -0.4 is 0 Å². The van der Waals surface area contributed by atoms with Gasteiger partial charge in [0, 0.05) is 12.1 Å². The summed E-state index contributed by atoms with van der Waals surface area (Å²) in [6, 6.07) is 9.02. The molecule has 2 bridgehead atoms. The fourth-order valence-electron chi connectivity index (χ4n) is 3.77. The van der Waals surface area contributed by atoms with Crippen LogP contribution in [0.2, 0.25) is 0 Å². The Labute approximate surface area is 145 Å². The van der Waals surface area contributed by atoms with Gasteiger partial charge in [-0.3, -0.25) is 0 Å². The molecule has 2 aliphatic rings. The van der Waals surface area contributed by atoms with Crippen LogP contribution in [-0.4, -0.2) is 34.8 Å². The molecule has 2 atom stereocenters. The number of nitrogens with zero attached hydrogens (tertiary/aromatic N) is 1. The van der Waals surface area contributed by atoms with E-state index >= 15 is 0 Å². The first-order valence-electron chi connectivity index (χ1n) is 9.00. The molecule has 0 saturated carbocycles. The number of carbonyl (C=O) groups excluding carboxylic acids is 1. The van der Waals surface area contributed by atoms with Gasteiger partial charge >= 0.3 is 6.09 Å². The summed E-state index contributed by atoms with van der Waals surface area (Å²) >= 11 is 0. The standard InChI is InChI=1S/C20H29NO3/c1-14-5-7-15(8-6-14)13-23-18-11-16-9-10-17(12-18)21(16)19(22)24-20(2,3)4/h5-8,16-18H,9-13H2,1-4H3. The molecule has 1 aromatic carbocycles. The van der Waals surface area contributed by atoms with Crippen LogP contribution in [0.25, 0.3) is 0 Å². The summed E-state index contributed by atoms with van der Waals surface area (Å²) in [5, 5.41) is 0. The molecule has 0 aliphatic carbocycles. The van der Waals surface area contributed by atoms with Crippen molar-refractivity contribution in [1.82, 2.24) is 4.90 Å². The Morgan fingerprint density at radius 1 is 1.12 bits per heavy atom. The molecular formula is C20H29NO3. The Bertz CT molecular complexity index is 562. The fourth-order valence-corrected chi connectivity index (χ4v) is 3.77. The van der Waals surface area contributed by atoms with Crippen LogP contribution in [0.15, 0.2) is 24.3 Å². The largest absolute Gasteiger partial charge is 0.444 e. The molecule has 2 unspecified atom stereocenters. The van der Waals surface area contributed by atoms with E-state index in [0.29, 0.717) is 6.61 Å². The molecule has 0 N–H and O–H groups in total. The second kappa shape index (κ2) is 6.75. The van der Waals surface area contributed by atoms with Gasteiger partial charge in [-0.15, -0.1) is 0 Å². The van der Waals surface area contributed by atoms with Crippen LogP contribution in [0, 0.1) is 6.92 Å². The van der Waals surface area contributed by atoms with Crippen LogP contribution in [0.5, 0.6) is 0 Å². The summed E-state index contributed by atoms with van der Waals surface area (Å²) in [6.07, 6.45) is 4.04. The lowest BCUT2D eigenvalue weighted by Gasteiger charge is -2.39. The molecule has 2 aliphatic heterocycles. The lowest BCUT2D eigenvalue weighted by Crippen LogP contribution is -2.50. The van der Waals surface area contributed by atoms with Crippen LogP contribution in [-0.2, 0) is 16.1 Å². The number of benzene rings is 1. The maximum absolute atomic E-state index is 12.5. The Kier molecular flexibility index (Phi) is 4.86. The number of amides is 1. The molecule has 1 amide bonds. The van der Waals surface area contributed by atoms with Gasteiger partial charge in [0.15, 0.2) is 0 Å². The molecular weight excluding hydrogens is 302 g/mol. The van der Waals surface area contributed by atoms with Gasteiger partial charge in [0.05, 0.1) is 12.7 Å². The monoisotopic (exact) mass is 331 g/mol. The van der Waals surface area contributed by atoms with Gasteiger partial charge in [0.1, 0.15) is 5.60 Å². The lowest BCUT2D eigenvalue weighted by molar-refractivity contribution is -0.0396. The second-order valence-electron chi connectivity index (χ2n) is 8.16. The minimum absolute atomic E-state index is 0.160. The van der Waals surface area contributed by atoms with Crippen molar-refractivity contribution in [2.45, 2.75) is 83.8 Å². The molecule has 132 valence electrons. The summed E-state index contributed by atoms with van der Waals surface area (Å²) in [4.78, 5) is 14.4. The van der Waals surface area contributed by atoms with Crippen LogP contribution in [0.3, 0.4) is 0 Å². The molecule has 24 heavy (non-hydrogen) atoms. The van der Waals surface area contributed by atoms with Crippen molar-refractivity contribution in [3.05, 3.63) is 35.4 Å². The highest BCUT2D eigenvalue weighted by Crippen LogP contribution is 2.38. The molecule has 3 rings (SSSR count). The predicted octanol–water partition coefficient (Wildman–Crippen LogP) is 4.44. The van der Waals surface area contributed by atoms with Gasteiger partial charge in [-0.1, -0.05) is 29.8 Å². The summed E-state index contributed by atoms with van der Waals surface area (Å²) < 4.78 is 11.7. The third-order valence-electron chi connectivity index (χ3n) is 4.90. The molecule has 4 nitrogen and oxygen atoms in total. The van der Waals surface area contributed by atoms with E-state index in [9.17, 15) is 4.79 Å². The number of hydrogen-bond donors (Lipinski definition) is 0. The van der Waals surface area contributed by atoms with Gasteiger partial charge in [0.25, 0.3) is 0 Å². The van der Waals surface area contributed by atoms with Crippen molar-refractivity contribution in [2.75, 3.05) is 0 Å². The van der Waals surface area contributed by atoms with Crippen molar-refractivity contribution in [3.8, 4) is 0 Å². The normalized spacial score (nSPS) is 26.5. The average molecular weight is 331 g/mol. The summed E-state index contributed by atoms with van der Waals surface area (Å²) in [5.74, 6) is 0. The Hall–Kier alpha value is -1.55. The highest BCUT2D eigenvalue weighted by molar-refractivity contribution is 5.69. The first kappa shape index (κ1) is 17.3. The van der Waals surface area contributed by atoms with E-state index in [1.807, 2.05) is 25.7 Å². The zero-order chi connectivity index (χ0) is 17.3. The van der Waals surface area contributed by atoms with Crippen molar-refractivity contribution in [1.29, 1.82) is 0 Å².